The van der Waals surface area contributed by atoms with Crippen LogP contribution in [0.25, 0.3) is 0 Å². The number of hydrogen-bond donors (Lipinski definition) is 1. The number of rotatable bonds is 4. The fraction of sp³-hybridized carbons (Fsp3) is 0.231. The minimum Gasteiger partial charge on any atom is -0.467 e. The first-order valence-electron chi connectivity index (χ1n) is 5.45. The van der Waals surface area contributed by atoms with Crippen molar-refractivity contribution in [3.05, 3.63) is 51.9 Å². The summed E-state index contributed by atoms with van der Waals surface area (Å²) in [5.74, 6) is 0.943. The van der Waals surface area contributed by atoms with Gasteiger partial charge in [-0.05, 0) is 52.7 Å². The molecule has 17 heavy (non-hydrogen) atoms. The summed E-state index contributed by atoms with van der Waals surface area (Å²) in [6.07, 6.45) is 2.64. The van der Waals surface area contributed by atoms with Crippen LogP contribution in [0.15, 0.2) is 45.5 Å². The van der Waals surface area contributed by atoms with Gasteiger partial charge < -0.3 is 9.73 Å². The van der Waals surface area contributed by atoms with Crippen LogP contribution in [0.1, 0.15) is 25.1 Å². The van der Waals surface area contributed by atoms with Crippen LogP contribution in [0.2, 0.25) is 5.02 Å². The van der Waals surface area contributed by atoms with E-state index in [2.05, 4.69) is 28.2 Å². The lowest BCUT2D eigenvalue weighted by molar-refractivity contribution is 0.474. The lowest BCUT2D eigenvalue weighted by Crippen LogP contribution is -2.08. The molecule has 1 aromatic carbocycles. The second-order valence-corrected chi connectivity index (χ2v) is 5.01. The molecule has 0 fully saturated rings. The Hall–Kier alpha value is -0.930. The molecule has 1 N–H and O–H groups in total. The first kappa shape index (κ1) is 12.5. The zero-order valence-corrected chi connectivity index (χ0v) is 11.8. The quantitative estimate of drug-likeness (QED) is 0.833. The largest absolute Gasteiger partial charge is 0.467 e. The first-order chi connectivity index (χ1) is 8.20. The van der Waals surface area contributed by atoms with Crippen molar-refractivity contribution in [2.24, 2.45) is 0 Å². The zero-order valence-electron chi connectivity index (χ0n) is 9.41. The number of nitrogens with one attached hydrogen (secondary N) is 1. The number of anilines is 1. The predicted octanol–water partition coefficient (Wildman–Crippen LogP) is 5.26. The maximum atomic E-state index is 5.96. The van der Waals surface area contributed by atoms with E-state index in [1.807, 2.05) is 30.3 Å². The third kappa shape index (κ3) is 3.05. The Morgan fingerprint density at radius 1 is 1.41 bits per heavy atom. The van der Waals surface area contributed by atoms with Crippen LogP contribution < -0.4 is 5.32 Å². The van der Waals surface area contributed by atoms with Crippen molar-refractivity contribution in [1.29, 1.82) is 0 Å². The van der Waals surface area contributed by atoms with Crippen molar-refractivity contribution in [3.8, 4) is 0 Å². The van der Waals surface area contributed by atoms with Gasteiger partial charge in [0.05, 0.1) is 17.3 Å². The molecule has 1 atom stereocenters. The molecule has 0 bridgehead atoms. The van der Waals surface area contributed by atoms with Crippen LogP contribution in [0.5, 0.6) is 0 Å². The summed E-state index contributed by atoms with van der Waals surface area (Å²) in [5.41, 5.74) is 1.02. The van der Waals surface area contributed by atoms with Gasteiger partial charge in [-0.3, -0.25) is 0 Å². The predicted molar refractivity (Wildman–Crippen MR) is 74.5 cm³/mol. The lowest BCUT2D eigenvalue weighted by Gasteiger charge is -2.16. The fourth-order valence-electron chi connectivity index (χ4n) is 1.65. The van der Waals surface area contributed by atoms with Crippen LogP contribution in [-0.2, 0) is 0 Å². The Morgan fingerprint density at radius 3 is 2.82 bits per heavy atom. The fourth-order valence-corrected chi connectivity index (χ4v) is 2.15. The van der Waals surface area contributed by atoms with Gasteiger partial charge in [0.2, 0.25) is 0 Å². The minimum atomic E-state index is 0.179. The normalized spacial score (nSPS) is 12.4. The molecule has 0 amide bonds. The van der Waals surface area contributed by atoms with E-state index in [1.165, 1.54) is 0 Å². The van der Waals surface area contributed by atoms with Gasteiger partial charge in [0.1, 0.15) is 5.76 Å². The van der Waals surface area contributed by atoms with Gasteiger partial charge in [-0.2, -0.15) is 0 Å². The van der Waals surface area contributed by atoms with Gasteiger partial charge in [-0.25, -0.2) is 0 Å². The molecule has 0 aliphatic rings. The summed E-state index contributed by atoms with van der Waals surface area (Å²) in [6.45, 7) is 2.12. The summed E-state index contributed by atoms with van der Waals surface area (Å²) in [6, 6.07) is 9.84. The number of hydrogen-bond acceptors (Lipinski definition) is 2. The van der Waals surface area contributed by atoms with Crippen molar-refractivity contribution >= 4 is 33.2 Å². The Balaban J connectivity index is 2.16. The van der Waals surface area contributed by atoms with Crippen molar-refractivity contribution in [2.75, 3.05) is 5.32 Å². The topological polar surface area (TPSA) is 25.2 Å². The van der Waals surface area contributed by atoms with E-state index in [-0.39, 0.29) is 6.04 Å². The number of halogens is 2. The van der Waals surface area contributed by atoms with Crippen LogP contribution in [0.3, 0.4) is 0 Å². The molecule has 2 aromatic rings. The second-order valence-electron chi connectivity index (χ2n) is 3.75. The smallest absolute Gasteiger partial charge is 0.125 e. The lowest BCUT2D eigenvalue weighted by atomic mass is 10.1. The molecule has 0 spiro atoms. The van der Waals surface area contributed by atoms with Crippen LogP contribution in [0.4, 0.5) is 5.69 Å². The van der Waals surface area contributed by atoms with E-state index in [0.717, 1.165) is 22.3 Å². The van der Waals surface area contributed by atoms with Crippen molar-refractivity contribution in [3.63, 3.8) is 0 Å². The highest BCUT2D eigenvalue weighted by atomic mass is 79.9. The third-order valence-corrected chi connectivity index (χ3v) is 3.77. The zero-order chi connectivity index (χ0) is 12.3. The Labute approximate surface area is 114 Å². The Morgan fingerprint density at radius 2 is 2.24 bits per heavy atom. The summed E-state index contributed by atoms with van der Waals surface area (Å²) in [7, 11) is 0. The van der Waals surface area contributed by atoms with E-state index < -0.39 is 0 Å². The van der Waals surface area contributed by atoms with Crippen molar-refractivity contribution < 1.29 is 4.42 Å². The third-order valence-electron chi connectivity index (χ3n) is 2.56. The van der Waals surface area contributed by atoms with E-state index in [0.29, 0.717) is 5.02 Å². The molecule has 0 saturated carbocycles. The first-order valence-corrected chi connectivity index (χ1v) is 6.62. The molecule has 0 aliphatic heterocycles. The maximum absolute atomic E-state index is 5.96. The average molecular weight is 315 g/mol. The average Bonchev–Trinajstić information content (AvgIpc) is 2.84. The molecule has 4 heteroatoms. The maximum Gasteiger partial charge on any atom is 0.125 e. The number of furan rings is 1. The van der Waals surface area contributed by atoms with Crippen LogP contribution in [-0.4, -0.2) is 0 Å². The van der Waals surface area contributed by atoms with E-state index >= 15 is 0 Å². The standard InChI is InChI=1S/C13H13BrClNO/c1-2-12(13-4-3-7-17-13)16-9-5-6-11(15)10(14)8-9/h3-8,12,16H,2H2,1H3. The minimum absolute atomic E-state index is 0.179. The van der Waals surface area contributed by atoms with Gasteiger partial charge in [-0.15, -0.1) is 0 Å². The Bertz CT molecular complexity index is 484. The van der Waals surface area contributed by atoms with Gasteiger partial charge in [0.15, 0.2) is 0 Å². The molecule has 1 aromatic heterocycles. The van der Waals surface area contributed by atoms with Gasteiger partial charge in [0.25, 0.3) is 0 Å². The van der Waals surface area contributed by atoms with Gasteiger partial charge >= 0.3 is 0 Å². The summed E-state index contributed by atoms with van der Waals surface area (Å²) in [4.78, 5) is 0. The highest BCUT2D eigenvalue weighted by Crippen LogP contribution is 2.28. The SMILES string of the molecule is CCC(Nc1ccc(Cl)c(Br)c1)c1ccco1. The van der Waals surface area contributed by atoms with Crippen molar-refractivity contribution in [2.45, 2.75) is 19.4 Å². The molecule has 90 valence electrons. The molecule has 2 nitrogen and oxygen atoms in total. The number of benzene rings is 1. The summed E-state index contributed by atoms with van der Waals surface area (Å²) < 4.78 is 6.30. The summed E-state index contributed by atoms with van der Waals surface area (Å²) >= 11 is 9.37. The highest BCUT2D eigenvalue weighted by Gasteiger charge is 2.12. The highest BCUT2D eigenvalue weighted by molar-refractivity contribution is 9.10. The molecule has 2 rings (SSSR count). The van der Waals surface area contributed by atoms with Crippen LogP contribution >= 0.6 is 27.5 Å². The second kappa shape index (κ2) is 5.61. The van der Waals surface area contributed by atoms with Gasteiger partial charge in [0, 0.05) is 10.2 Å². The molecule has 1 heterocycles. The molecule has 0 radical (unpaired) electrons. The molecular weight excluding hydrogens is 302 g/mol. The Kier molecular flexibility index (Phi) is 4.13. The summed E-state index contributed by atoms with van der Waals surface area (Å²) in [5, 5.41) is 4.13. The molecule has 1 unspecified atom stereocenters. The van der Waals surface area contributed by atoms with Gasteiger partial charge in [-0.1, -0.05) is 18.5 Å². The van der Waals surface area contributed by atoms with E-state index in [4.69, 9.17) is 16.0 Å². The van der Waals surface area contributed by atoms with Crippen LogP contribution in [0, 0.1) is 0 Å². The molecular formula is C13H13BrClNO. The van der Waals surface area contributed by atoms with E-state index in [1.54, 1.807) is 6.26 Å². The van der Waals surface area contributed by atoms with Crippen molar-refractivity contribution in [1.82, 2.24) is 0 Å². The molecule has 0 aliphatic carbocycles. The monoisotopic (exact) mass is 313 g/mol. The van der Waals surface area contributed by atoms with E-state index in [9.17, 15) is 0 Å². The molecule has 0 saturated heterocycles.